The Balaban J connectivity index is 2.70. The zero-order valence-electron chi connectivity index (χ0n) is 10.3. The van der Waals surface area contributed by atoms with E-state index < -0.39 is 0 Å². The lowest BCUT2D eigenvalue weighted by Crippen LogP contribution is -2.27. The molecule has 0 aliphatic heterocycles. The maximum Gasteiger partial charge on any atom is 0.268 e. The maximum absolute atomic E-state index is 11.7. The van der Waals surface area contributed by atoms with Gasteiger partial charge in [-0.05, 0) is 6.42 Å². The highest BCUT2D eigenvalue weighted by Gasteiger charge is 2.04. The molecule has 0 fully saturated rings. The first kappa shape index (κ1) is 13.7. The lowest BCUT2D eigenvalue weighted by molar-refractivity contribution is 0.206. The molecule has 0 amide bonds. The van der Waals surface area contributed by atoms with Crippen LogP contribution in [-0.2, 0) is 11.3 Å². The summed E-state index contributed by atoms with van der Waals surface area (Å²) >= 11 is 0. The van der Waals surface area contributed by atoms with Crippen LogP contribution in [0.25, 0.3) is 0 Å². The summed E-state index contributed by atoms with van der Waals surface area (Å²) in [5, 5.41) is 12.7. The molecule has 1 aromatic heterocycles. The lowest BCUT2D eigenvalue weighted by Gasteiger charge is -2.18. The molecule has 0 atom stereocenters. The molecule has 17 heavy (non-hydrogen) atoms. The number of likely N-dealkylation sites (N-methyl/N-ethyl adjacent to an activating group) is 1. The number of aliphatic hydroxyl groups excluding tert-OH is 1. The van der Waals surface area contributed by atoms with Crippen molar-refractivity contribution in [3.63, 3.8) is 0 Å². The highest BCUT2D eigenvalue weighted by atomic mass is 16.5. The van der Waals surface area contributed by atoms with E-state index in [4.69, 9.17) is 9.84 Å². The molecule has 0 radical (unpaired) electrons. The van der Waals surface area contributed by atoms with Crippen molar-refractivity contribution >= 4 is 5.69 Å². The SMILES string of the molecule is COCCN(C)c1cnn(CCCO)c(=O)c1. The van der Waals surface area contributed by atoms with E-state index in [0.29, 0.717) is 26.1 Å². The summed E-state index contributed by atoms with van der Waals surface area (Å²) in [4.78, 5) is 13.6. The van der Waals surface area contributed by atoms with Crippen LogP contribution in [0.15, 0.2) is 17.1 Å². The molecule has 0 spiro atoms. The van der Waals surface area contributed by atoms with Crippen LogP contribution >= 0.6 is 0 Å². The van der Waals surface area contributed by atoms with Crippen molar-refractivity contribution in [1.82, 2.24) is 9.78 Å². The molecule has 1 rings (SSSR count). The molecule has 0 aliphatic carbocycles. The number of nitrogens with zero attached hydrogens (tertiary/aromatic N) is 3. The number of ether oxygens (including phenoxy) is 1. The quantitative estimate of drug-likeness (QED) is 0.710. The molecule has 1 heterocycles. The minimum atomic E-state index is -0.153. The van der Waals surface area contributed by atoms with Crippen molar-refractivity contribution < 1.29 is 9.84 Å². The highest BCUT2D eigenvalue weighted by Crippen LogP contribution is 2.06. The van der Waals surface area contributed by atoms with Crippen LogP contribution in [0.5, 0.6) is 0 Å². The van der Waals surface area contributed by atoms with Crippen LogP contribution < -0.4 is 10.5 Å². The van der Waals surface area contributed by atoms with E-state index in [-0.39, 0.29) is 12.2 Å². The minimum absolute atomic E-state index is 0.0591. The second kappa shape index (κ2) is 7.03. The predicted octanol–water partition coefficient (Wildman–Crippen LogP) is -0.292. The molecule has 0 unspecified atom stereocenters. The van der Waals surface area contributed by atoms with Crippen LogP contribution in [0.2, 0.25) is 0 Å². The molecule has 1 aromatic rings. The Morgan fingerprint density at radius 3 is 2.94 bits per heavy atom. The Bertz CT molecular complexity index is 392. The van der Waals surface area contributed by atoms with E-state index in [1.165, 1.54) is 4.68 Å². The summed E-state index contributed by atoms with van der Waals surface area (Å²) in [5.74, 6) is 0. The molecule has 0 saturated heterocycles. The van der Waals surface area contributed by atoms with E-state index in [9.17, 15) is 4.79 Å². The van der Waals surface area contributed by atoms with Gasteiger partial charge in [0.25, 0.3) is 5.56 Å². The Morgan fingerprint density at radius 1 is 1.59 bits per heavy atom. The number of anilines is 1. The van der Waals surface area contributed by atoms with Crippen LogP contribution in [0.4, 0.5) is 5.69 Å². The molecule has 0 saturated carbocycles. The number of rotatable bonds is 7. The topological polar surface area (TPSA) is 67.6 Å². The Kier molecular flexibility index (Phi) is 5.65. The number of hydrogen-bond donors (Lipinski definition) is 1. The van der Waals surface area contributed by atoms with Gasteiger partial charge in [0.1, 0.15) is 0 Å². The molecule has 0 aliphatic rings. The van der Waals surface area contributed by atoms with Crippen molar-refractivity contribution in [1.29, 1.82) is 0 Å². The van der Waals surface area contributed by atoms with Crippen molar-refractivity contribution in [2.75, 3.05) is 38.8 Å². The van der Waals surface area contributed by atoms with Crippen LogP contribution in [-0.4, -0.2) is 48.8 Å². The third kappa shape index (κ3) is 4.16. The van der Waals surface area contributed by atoms with Gasteiger partial charge in [0.2, 0.25) is 0 Å². The lowest BCUT2D eigenvalue weighted by atomic mass is 10.4. The molecule has 1 N–H and O–H groups in total. The third-order valence-electron chi connectivity index (χ3n) is 2.45. The molecular weight excluding hydrogens is 222 g/mol. The zero-order chi connectivity index (χ0) is 12.7. The standard InChI is InChI=1S/C11H19N3O3/c1-13(5-7-17-2)10-8-11(16)14(12-9-10)4-3-6-15/h8-9,15H,3-7H2,1-2H3. The number of aliphatic hydroxyl groups is 1. The van der Waals surface area contributed by atoms with Crippen molar-refractivity contribution in [2.45, 2.75) is 13.0 Å². The first-order valence-corrected chi connectivity index (χ1v) is 5.57. The molecule has 96 valence electrons. The van der Waals surface area contributed by atoms with Gasteiger partial charge in [-0.15, -0.1) is 0 Å². The van der Waals surface area contributed by atoms with Gasteiger partial charge in [-0.2, -0.15) is 5.10 Å². The van der Waals surface area contributed by atoms with Crippen LogP contribution in [0.1, 0.15) is 6.42 Å². The van der Waals surface area contributed by atoms with Crippen molar-refractivity contribution in [2.24, 2.45) is 0 Å². The number of aromatic nitrogens is 2. The Hall–Kier alpha value is -1.40. The summed E-state index contributed by atoms with van der Waals surface area (Å²) in [5.41, 5.74) is 0.618. The van der Waals surface area contributed by atoms with Crippen LogP contribution in [0, 0.1) is 0 Å². The summed E-state index contributed by atoms with van der Waals surface area (Å²) < 4.78 is 6.32. The van der Waals surface area contributed by atoms with E-state index in [0.717, 1.165) is 5.69 Å². The fraction of sp³-hybridized carbons (Fsp3) is 0.636. The molecule has 6 heteroatoms. The average Bonchev–Trinajstić information content (AvgIpc) is 2.34. The van der Waals surface area contributed by atoms with Crippen molar-refractivity contribution in [3.05, 3.63) is 22.6 Å². The molecule has 0 bridgehead atoms. The summed E-state index contributed by atoms with van der Waals surface area (Å²) in [6.07, 6.45) is 2.18. The minimum Gasteiger partial charge on any atom is -0.396 e. The van der Waals surface area contributed by atoms with Crippen LogP contribution in [0.3, 0.4) is 0 Å². The highest BCUT2D eigenvalue weighted by molar-refractivity contribution is 5.41. The maximum atomic E-state index is 11.7. The summed E-state index contributed by atoms with van der Waals surface area (Å²) in [6, 6.07) is 1.54. The van der Waals surface area contributed by atoms with Gasteiger partial charge in [0.05, 0.1) is 18.5 Å². The molecular formula is C11H19N3O3. The molecule has 6 nitrogen and oxygen atoms in total. The number of aryl methyl sites for hydroxylation is 1. The van der Waals surface area contributed by atoms with Gasteiger partial charge in [0, 0.05) is 39.9 Å². The van der Waals surface area contributed by atoms with Gasteiger partial charge in [-0.25, -0.2) is 4.68 Å². The van der Waals surface area contributed by atoms with E-state index in [2.05, 4.69) is 5.10 Å². The second-order valence-electron chi connectivity index (χ2n) is 3.77. The van der Waals surface area contributed by atoms with Gasteiger partial charge in [0.15, 0.2) is 0 Å². The number of hydrogen-bond acceptors (Lipinski definition) is 5. The summed E-state index contributed by atoms with van der Waals surface area (Å²) in [7, 11) is 3.52. The predicted molar refractivity (Wildman–Crippen MR) is 65.3 cm³/mol. The largest absolute Gasteiger partial charge is 0.396 e. The monoisotopic (exact) mass is 241 g/mol. The zero-order valence-corrected chi connectivity index (χ0v) is 10.3. The van der Waals surface area contributed by atoms with Gasteiger partial charge in [-0.3, -0.25) is 4.79 Å². The van der Waals surface area contributed by atoms with E-state index >= 15 is 0 Å². The third-order valence-corrected chi connectivity index (χ3v) is 2.45. The second-order valence-corrected chi connectivity index (χ2v) is 3.77. The van der Waals surface area contributed by atoms with Crippen molar-refractivity contribution in [3.8, 4) is 0 Å². The fourth-order valence-corrected chi connectivity index (χ4v) is 1.38. The fourth-order valence-electron chi connectivity index (χ4n) is 1.38. The molecule has 0 aromatic carbocycles. The number of methoxy groups -OCH3 is 1. The Morgan fingerprint density at radius 2 is 2.35 bits per heavy atom. The first-order valence-electron chi connectivity index (χ1n) is 5.57. The normalized spacial score (nSPS) is 10.5. The van der Waals surface area contributed by atoms with Gasteiger partial charge in [-0.1, -0.05) is 0 Å². The van der Waals surface area contributed by atoms with E-state index in [1.807, 2.05) is 11.9 Å². The van der Waals surface area contributed by atoms with E-state index in [1.54, 1.807) is 19.4 Å². The van der Waals surface area contributed by atoms with Gasteiger partial charge >= 0.3 is 0 Å². The summed E-state index contributed by atoms with van der Waals surface area (Å²) in [6.45, 7) is 1.81. The Labute approximate surface area is 100 Å². The first-order chi connectivity index (χ1) is 8.19. The van der Waals surface area contributed by atoms with Gasteiger partial charge < -0.3 is 14.7 Å². The smallest absolute Gasteiger partial charge is 0.268 e. The average molecular weight is 241 g/mol.